The van der Waals surface area contributed by atoms with Gasteiger partial charge in [-0.2, -0.15) is 0 Å². The van der Waals surface area contributed by atoms with Crippen LogP contribution in [0.2, 0.25) is 0 Å². The van der Waals surface area contributed by atoms with Crippen LogP contribution < -0.4 is 9.47 Å². The van der Waals surface area contributed by atoms with Crippen molar-refractivity contribution in [1.82, 2.24) is 4.90 Å². The van der Waals surface area contributed by atoms with E-state index in [-0.39, 0.29) is 38.0 Å². The second kappa shape index (κ2) is 9.73. The average molecular weight is 397 g/mol. The molecule has 2 aromatic rings. The normalized spacial score (nSPS) is 12.7. The second-order valence-electron chi connectivity index (χ2n) is 6.45. The number of fused-ring (bicyclic) bond motifs is 1. The van der Waals surface area contributed by atoms with Crippen molar-refractivity contribution >= 4 is 17.8 Å². The monoisotopic (exact) mass is 397 g/mol. The van der Waals surface area contributed by atoms with Gasteiger partial charge in [0, 0.05) is 6.54 Å². The van der Waals surface area contributed by atoms with Crippen LogP contribution in [0.25, 0.3) is 0 Å². The topological polar surface area (TPSA) is 82.1 Å². The van der Waals surface area contributed by atoms with Crippen LogP contribution in [0, 0.1) is 0 Å². The molecule has 7 heteroatoms. The van der Waals surface area contributed by atoms with E-state index < -0.39 is 5.97 Å². The molecule has 3 rings (SSSR count). The third kappa shape index (κ3) is 5.13. The number of amides is 2. The zero-order valence-electron chi connectivity index (χ0n) is 16.3. The van der Waals surface area contributed by atoms with Gasteiger partial charge in [0.1, 0.15) is 24.7 Å². The molecule has 7 nitrogen and oxygen atoms in total. The second-order valence-corrected chi connectivity index (χ2v) is 6.45. The number of carbonyl (C=O) groups is 3. The van der Waals surface area contributed by atoms with Gasteiger partial charge in [-0.15, -0.1) is 0 Å². The number of imide groups is 1. The quantitative estimate of drug-likeness (QED) is 0.348. The molecule has 2 aromatic carbocycles. The summed E-state index contributed by atoms with van der Waals surface area (Å²) in [6.45, 7) is 2.98. The number of nitrogens with zero attached hydrogens (tertiary/aromatic N) is 1. The fraction of sp³-hybridized carbons (Fsp3) is 0.318. The van der Waals surface area contributed by atoms with Gasteiger partial charge in [0.05, 0.1) is 24.2 Å². The van der Waals surface area contributed by atoms with Gasteiger partial charge < -0.3 is 14.2 Å². The number of benzene rings is 2. The van der Waals surface area contributed by atoms with Crippen LogP contribution in [0.3, 0.4) is 0 Å². The number of hydrogen-bond acceptors (Lipinski definition) is 6. The lowest BCUT2D eigenvalue weighted by atomic mass is 10.1. The van der Waals surface area contributed by atoms with Gasteiger partial charge in [-0.05, 0) is 42.8 Å². The third-order valence-corrected chi connectivity index (χ3v) is 4.33. The molecule has 0 saturated carbocycles. The SMILES string of the molecule is CCCOc1ccc(OCCOC(=O)CCN2C(=O)c3ccccc3C2=O)cc1. The number of carbonyl (C=O) groups excluding carboxylic acids is 3. The highest BCUT2D eigenvalue weighted by molar-refractivity contribution is 6.21. The number of ether oxygens (including phenoxy) is 3. The highest BCUT2D eigenvalue weighted by Gasteiger charge is 2.35. The first-order valence-electron chi connectivity index (χ1n) is 9.56. The smallest absolute Gasteiger partial charge is 0.307 e. The highest BCUT2D eigenvalue weighted by atomic mass is 16.6. The van der Waals surface area contributed by atoms with Gasteiger partial charge in [-0.3, -0.25) is 19.3 Å². The summed E-state index contributed by atoms with van der Waals surface area (Å²) in [6.07, 6.45) is 0.881. The lowest BCUT2D eigenvalue weighted by Gasteiger charge is -2.13. The van der Waals surface area contributed by atoms with Crippen LogP contribution in [0.5, 0.6) is 11.5 Å². The summed E-state index contributed by atoms with van der Waals surface area (Å²) in [4.78, 5) is 37.5. The molecule has 0 radical (unpaired) electrons. The van der Waals surface area contributed by atoms with E-state index in [1.807, 2.05) is 19.1 Å². The Morgan fingerprint density at radius 2 is 1.38 bits per heavy atom. The van der Waals surface area contributed by atoms with Crippen molar-refractivity contribution < 1.29 is 28.6 Å². The predicted octanol–water partition coefficient (Wildman–Crippen LogP) is 3.08. The lowest BCUT2D eigenvalue weighted by molar-refractivity contribution is -0.144. The Morgan fingerprint density at radius 3 is 1.93 bits per heavy atom. The molecular weight excluding hydrogens is 374 g/mol. The molecule has 0 saturated heterocycles. The summed E-state index contributed by atoms with van der Waals surface area (Å²) in [5.41, 5.74) is 0.732. The first-order chi connectivity index (χ1) is 14.1. The summed E-state index contributed by atoms with van der Waals surface area (Å²) in [5.74, 6) is 0.171. The lowest BCUT2D eigenvalue weighted by Crippen LogP contribution is -2.32. The molecular formula is C22H23NO6. The molecule has 0 spiro atoms. The van der Waals surface area contributed by atoms with Crippen molar-refractivity contribution in [2.24, 2.45) is 0 Å². The molecule has 0 unspecified atom stereocenters. The van der Waals surface area contributed by atoms with E-state index in [4.69, 9.17) is 14.2 Å². The molecule has 0 aromatic heterocycles. The van der Waals surface area contributed by atoms with Gasteiger partial charge in [-0.1, -0.05) is 19.1 Å². The van der Waals surface area contributed by atoms with Crippen molar-refractivity contribution in [3.05, 3.63) is 59.7 Å². The van der Waals surface area contributed by atoms with Crippen molar-refractivity contribution in [3.63, 3.8) is 0 Å². The molecule has 2 amide bonds. The molecule has 0 fully saturated rings. The Kier molecular flexibility index (Phi) is 6.84. The molecule has 152 valence electrons. The van der Waals surface area contributed by atoms with Crippen molar-refractivity contribution in [2.45, 2.75) is 19.8 Å². The predicted molar refractivity (Wildman–Crippen MR) is 105 cm³/mol. The van der Waals surface area contributed by atoms with Crippen LogP contribution in [-0.2, 0) is 9.53 Å². The Hall–Kier alpha value is -3.35. The summed E-state index contributed by atoms with van der Waals surface area (Å²) >= 11 is 0. The number of esters is 1. The number of hydrogen-bond donors (Lipinski definition) is 0. The van der Waals surface area contributed by atoms with Crippen LogP contribution in [-0.4, -0.2) is 49.0 Å². The minimum absolute atomic E-state index is 0.00867. The van der Waals surface area contributed by atoms with Gasteiger partial charge in [-0.25, -0.2) is 0 Å². The first-order valence-corrected chi connectivity index (χ1v) is 9.56. The van der Waals surface area contributed by atoms with Crippen molar-refractivity contribution in [3.8, 4) is 11.5 Å². The van der Waals surface area contributed by atoms with E-state index in [0.717, 1.165) is 17.1 Å². The van der Waals surface area contributed by atoms with Crippen molar-refractivity contribution in [2.75, 3.05) is 26.4 Å². The maximum Gasteiger partial charge on any atom is 0.307 e. The van der Waals surface area contributed by atoms with Crippen LogP contribution in [0.15, 0.2) is 48.5 Å². The van der Waals surface area contributed by atoms with E-state index >= 15 is 0 Å². The first kappa shape index (κ1) is 20.4. The van der Waals surface area contributed by atoms with Crippen LogP contribution in [0.1, 0.15) is 40.5 Å². The standard InChI is InChI=1S/C22H23NO6/c1-2-13-27-16-7-9-17(10-8-16)28-14-15-29-20(24)11-12-23-21(25)18-5-3-4-6-19(18)22(23)26/h3-10H,2,11-15H2,1H3. The van der Waals surface area contributed by atoms with Gasteiger partial charge in [0.25, 0.3) is 11.8 Å². The molecule has 0 N–H and O–H groups in total. The Bertz CT molecular complexity index is 842. The van der Waals surface area contributed by atoms with E-state index in [1.54, 1.807) is 36.4 Å². The summed E-state index contributed by atoms with van der Waals surface area (Å²) in [6, 6.07) is 13.8. The molecule has 1 aliphatic heterocycles. The molecule has 0 bridgehead atoms. The van der Waals surface area contributed by atoms with E-state index in [0.29, 0.717) is 23.5 Å². The van der Waals surface area contributed by atoms with E-state index in [2.05, 4.69) is 0 Å². The molecule has 29 heavy (non-hydrogen) atoms. The highest BCUT2D eigenvalue weighted by Crippen LogP contribution is 2.22. The van der Waals surface area contributed by atoms with Crippen LogP contribution in [0.4, 0.5) is 0 Å². The minimum Gasteiger partial charge on any atom is -0.494 e. The zero-order valence-corrected chi connectivity index (χ0v) is 16.3. The third-order valence-electron chi connectivity index (χ3n) is 4.33. The fourth-order valence-electron chi connectivity index (χ4n) is 2.88. The van der Waals surface area contributed by atoms with Crippen LogP contribution >= 0.6 is 0 Å². The maximum absolute atomic E-state index is 12.2. The maximum atomic E-state index is 12.2. The summed E-state index contributed by atoms with van der Waals surface area (Å²) < 4.78 is 16.1. The molecule has 0 aliphatic carbocycles. The fourth-order valence-corrected chi connectivity index (χ4v) is 2.88. The summed E-state index contributed by atoms with van der Waals surface area (Å²) in [5, 5.41) is 0. The average Bonchev–Trinajstić information content (AvgIpc) is 2.99. The van der Waals surface area contributed by atoms with Gasteiger partial charge in [0.15, 0.2) is 0 Å². The molecule has 1 aliphatic rings. The van der Waals surface area contributed by atoms with Crippen molar-refractivity contribution in [1.29, 1.82) is 0 Å². The minimum atomic E-state index is -0.492. The Morgan fingerprint density at radius 1 is 0.828 bits per heavy atom. The molecule has 0 atom stereocenters. The summed E-state index contributed by atoms with van der Waals surface area (Å²) in [7, 11) is 0. The van der Waals surface area contributed by atoms with Gasteiger partial charge >= 0.3 is 5.97 Å². The number of rotatable bonds is 10. The van der Waals surface area contributed by atoms with E-state index in [9.17, 15) is 14.4 Å². The zero-order chi connectivity index (χ0) is 20.6. The molecule has 1 heterocycles. The van der Waals surface area contributed by atoms with Gasteiger partial charge in [0.2, 0.25) is 0 Å². The Labute approximate surface area is 169 Å². The largest absolute Gasteiger partial charge is 0.494 e. The van der Waals surface area contributed by atoms with E-state index in [1.165, 1.54) is 0 Å². The Balaban J connectivity index is 1.36.